The van der Waals surface area contributed by atoms with Crippen molar-refractivity contribution in [2.75, 3.05) is 41.8 Å². The maximum Gasteiger partial charge on any atom is 0.221 e. The molecule has 1 saturated heterocycles. The molecule has 0 unspecified atom stereocenters. The van der Waals surface area contributed by atoms with Crippen molar-refractivity contribution < 1.29 is 9.53 Å². The van der Waals surface area contributed by atoms with Crippen LogP contribution in [0, 0.1) is 0 Å². The van der Waals surface area contributed by atoms with Gasteiger partial charge in [0.05, 0.1) is 13.2 Å². The highest BCUT2D eigenvalue weighted by Gasteiger charge is 2.13. The molecule has 2 aromatic rings. The van der Waals surface area contributed by atoms with Gasteiger partial charge in [-0.2, -0.15) is 0 Å². The third kappa shape index (κ3) is 4.17. The average molecular weight is 313 g/mol. The van der Waals surface area contributed by atoms with Crippen molar-refractivity contribution in [3.05, 3.63) is 36.7 Å². The summed E-state index contributed by atoms with van der Waals surface area (Å²) in [6, 6.07) is 9.40. The molecule has 2 N–H and O–H groups in total. The van der Waals surface area contributed by atoms with Crippen LogP contribution in [-0.4, -0.2) is 42.2 Å². The second-order valence-corrected chi connectivity index (χ2v) is 5.25. The number of amides is 1. The Morgan fingerprint density at radius 3 is 2.74 bits per heavy atom. The van der Waals surface area contributed by atoms with E-state index >= 15 is 0 Å². The number of hydrogen-bond donors (Lipinski definition) is 2. The summed E-state index contributed by atoms with van der Waals surface area (Å²) in [6.45, 7) is 4.57. The third-order valence-corrected chi connectivity index (χ3v) is 3.44. The second kappa shape index (κ2) is 7.06. The number of benzene rings is 1. The van der Waals surface area contributed by atoms with Gasteiger partial charge >= 0.3 is 0 Å². The maximum absolute atomic E-state index is 11.1. The van der Waals surface area contributed by atoms with Crippen molar-refractivity contribution in [1.82, 2.24) is 9.97 Å². The van der Waals surface area contributed by atoms with Crippen LogP contribution in [0.2, 0.25) is 0 Å². The van der Waals surface area contributed by atoms with Crippen LogP contribution in [0.15, 0.2) is 36.7 Å². The van der Waals surface area contributed by atoms with Gasteiger partial charge in [0.15, 0.2) is 0 Å². The van der Waals surface area contributed by atoms with Gasteiger partial charge in [0, 0.05) is 37.5 Å². The van der Waals surface area contributed by atoms with Gasteiger partial charge in [0.1, 0.15) is 18.0 Å². The number of anilines is 4. The SMILES string of the molecule is CC(=O)Nc1cccc(Nc2cc(N3CCOCC3)ncn2)c1. The Hall–Kier alpha value is -2.67. The minimum absolute atomic E-state index is 0.0983. The van der Waals surface area contributed by atoms with E-state index in [1.165, 1.54) is 6.92 Å². The molecule has 0 spiro atoms. The van der Waals surface area contributed by atoms with Gasteiger partial charge in [-0.1, -0.05) is 6.07 Å². The van der Waals surface area contributed by atoms with Crippen LogP contribution in [-0.2, 0) is 9.53 Å². The number of carbonyl (C=O) groups is 1. The normalized spacial score (nSPS) is 14.4. The van der Waals surface area contributed by atoms with E-state index in [4.69, 9.17) is 4.74 Å². The zero-order valence-corrected chi connectivity index (χ0v) is 13.0. The summed E-state index contributed by atoms with van der Waals surface area (Å²) in [5.41, 5.74) is 1.59. The topological polar surface area (TPSA) is 79.4 Å². The molecule has 1 aliphatic rings. The zero-order valence-electron chi connectivity index (χ0n) is 13.0. The first-order valence-electron chi connectivity index (χ1n) is 7.50. The first-order valence-corrected chi connectivity index (χ1v) is 7.50. The quantitative estimate of drug-likeness (QED) is 0.899. The highest BCUT2D eigenvalue weighted by Crippen LogP contribution is 2.21. The highest BCUT2D eigenvalue weighted by molar-refractivity contribution is 5.89. The Morgan fingerprint density at radius 1 is 1.17 bits per heavy atom. The number of morpholine rings is 1. The van der Waals surface area contributed by atoms with Gasteiger partial charge in [-0.15, -0.1) is 0 Å². The van der Waals surface area contributed by atoms with Gasteiger partial charge < -0.3 is 20.3 Å². The Labute approximate surface area is 134 Å². The van der Waals surface area contributed by atoms with E-state index in [-0.39, 0.29) is 5.91 Å². The van der Waals surface area contributed by atoms with Crippen LogP contribution in [0.3, 0.4) is 0 Å². The van der Waals surface area contributed by atoms with E-state index < -0.39 is 0 Å². The molecule has 1 amide bonds. The first kappa shape index (κ1) is 15.2. The summed E-state index contributed by atoms with van der Waals surface area (Å²) in [4.78, 5) is 21.9. The molecule has 0 atom stereocenters. The summed E-state index contributed by atoms with van der Waals surface area (Å²) in [5.74, 6) is 1.49. The lowest BCUT2D eigenvalue weighted by molar-refractivity contribution is -0.114. The van der Waals surface area contributed by atoms with Gasteiger partial charge in [-0.05, 0) is 18.2 Å². The molecule has 0 radical (unpaired) electrons. The number of hydrogen-bond acceptors (Lipinski definition) is 6. The monoisotopic (exact) mass is 313 g/mol. The van der Waals surface area contributed by atoms with Crippen LogP contribution in [0.5, 0.6) is 0 Å². The molecule has 1 aromatic carbocycles. The summed E-state index contributed by atoms with van der Waals surface area (Å²) in [7, 11) is 0. The van der Waals surface area contributed by atoms with E-state index in [1.807, 2.05) is 30.3 Å². The molecule has 7 heteroatoms. The van der Waals surface area contributed by atoms with Crippen LogP contribution < -0.4 is 15.5 Å². The number of nitrogens with zero attached hydrogens (tertiary/aromatic N) is 3. The van der Waals surface area contributed by atoms with E-state index in [9.17, 15) is 4.79 Å². The fourth-order valence-corrected chi connectivity index (χ4v) is 2.41. The Morgan fingerprint density at radius 2 is 1.96 bits per heavy atom. The van der Waals surface area contributed by atoms with Gasteiger partial charge in [0.2, 0.25) is 5.91 Å². The average Bonchev–Trinajstić information content (AvgIpc) is 2.56. The van der Waals surface area contributed by atoms with Crippen LogP contribution in [0.25, 0.3) is 0 Å². The lowest BCUT2D eigenvalue weighted by atomic mass is 10.2. The standard InChI is InChI=1S/C16H19N5O2/c1-12(22)19-13-3-2-4-14(9-13)20-15-10-16(18-11-17-15)21-5-7-23-8-6-21/h2-4,9-11H,5-8H2,1H3,(H,19,22)(H,17,18,20). The van der Waals surface area contributed by atoms with Gasteiger partial charge in [-0.3, -0.25) is 4.79 Å². The van der Waals surface area contributed by atoms with E-state index in [0.29, 0.717) is 19.0 Å². The van der Waals surface area contributed by atoms with Crippen LogP contribution >= 0.6 is 0 Å². The van der Waals surface area contributed by atoms with Crippen molar-refractivity contribution in [2.24, 2.45) is 0 Å². The molecular weight excluding hydrogens is 294 g/mol. The molecule has 1 aliphatic heterocycles. The third-order valence-electron chi connectivity index (χ3n) is 3.44. The highest BCUT2D eigenvalue weighted by atomic mass is 16.5. The van der Waals surface area contributed by atoms with Crippen LogP contribution in [0.4, 0.5) is 23.0 Å². The van der Waals surface area contributed by atoms with Crippen molar-refractivity contribution >= 4 is 28.9 Å². The molecule has 2 heterocycles. The lowest BCUT2D eigenvalue weighted by Gasteiger charge is -2.27. The summed E-state index contributed by atoms with van der Waals surface area (Å²) >= 11 is 0. The molecule has 0 aliphatic carbocycles. The maximum atomic E-state index is 11.1. The van der Waals surface area contributed by atoms with Gasteiger partial charge in [0.25, 0.3) is 0 Å². The number of rotatable bonds is 4. The fourth-order valence-electron chi connectivity index (χ4n) is 2.41. The van der Waals surface area contributed by atoms with Crippen LogP contribution in [0.1, 0.15) is 6.92 Å². The van der Waals surface area contributed by atoms with E-state index in [0.717, 1.165) is 30.3 Å². The summed E-state index contributed by atoms with van der Waals surface area (Å²) in [6.07, 6.45) is 1.55. The molecule has 1 aromatic heterocycles. The lowest BCUT2D eigenvalue weighted by Crippen LogP contribution is -2.36. The molecule has 3 rings (SSSR count). The molecule has 1 fully saturated rings. The molecular formula is C16H19N5O2. The molecule has 0 bridgehead atoms. The largest absolute Gasteiger partial charge is 0.378 e. The minimum atomic E-state index is -0.0983. The Bertz CT molecular complexity index is 686. The number of nitrogens with one attached hydrogen (secondary N) is 2. The van der Waals surface area contributed by atoms with E-state index in [1.54, 1.807) is 6.33 Å². The minimum Gasteiger partial charge on any atom is -0.378 e. The fraction of sp³-hybridized carbons (Fsp3) is 0.312. The molecule has 120 valence electrons. The van der Waals surface area contributed by atoms with Gasteiger partial charge in [-0.25, -0.2) is 9.97 Å². The Balaban J connectivity index is 1.73. The Kier molecular flexibility index (Phi) is 4.68. The smallest absolute Gasteiger partial charge is 0.221 e. The summed E-state index contributed by atoms with van der Waals surface area (Å²) in [5, 5.41) is 6.00. The van der Waals surface area contributed by atoms with Crippen molar-refractivity contribution in [2.45, 2.75) is 6.92 Å². The van der Waals surface area contributed by atoms with Crippen molar-refractivity contribution in [3.63, 3.8) is 0 Å². The predicted molar refractivity (Wildman–Crippen MR) is 89.1 cm³/mol. The number of aromatic nitrogens is 2. The van der Waals surface area contributed by atoms with Crippen molar-refractivity contribution in [1.29, 1.82) is 0 Å². The van der Waals surface area contributed by atoms with Crippen molar-refractivity contribution in [3.8, 4) is 0 Å². The number of carbonyl (C=O) groups excluding carboxylic acids is 1. The first-order chi connectivity index (χ1) is 11.2. The molecule has 0 saturated carbocycles. The van der Waals surface area contributed by atoms with E-state index in [2.05, 4.69) is 25.5 Å². The summed E-state index contributed by atoms with van der Waals surface area (Å²) < 4.78 is 5.36. The number of ether oxygens (including phenoxy) is 1. The second-order valence-electron chi connectivity index (χ2n) is 5.25. The predicted octanol–water partition coefficient (Wildman–Crippen LogP) is 2.02. The molecule has 7 nitrogen and oxygen atoms in total. The molecule has 23 heavy (non-hydrogen) atoms. The zero-order chi connectivity index (χ0) is 16.1.